The van der Waals surface area contributed by atoms with Crippen LogP contribution >= 0.6 is 0 Å². The van der Waals surface area contributed by atoms with Gasteiger partial charge in [-0.05, 0) is 12.1 Å². The van der Waals surface area contributed by atoms with Gasteiger partial charge in [0.25, 0.3) is 0 Å². The highest BCUT2D eigenvalue weighted by molar-refractivity contribution is 5.66. The van der Waals surface area contributed by atoms with Crippen LogP contribution in [-0.2, 0) is 4.79 Å². The molecule has 56 valence electrons. The Labute approximate surface area is 63.6 Å². The van der Waals surface area contributed by atoms with Crippen LogP contribution in [0.5, 0.6) is 0 Å². The predicted octanol–water partition coefficient (Wildman–Crippen LogP) is 0.335. The van der Waals surface area contributed by atoms with Gasteiger partial charge in [0.05, 0.1) is 0 Å². The molecule has 4 nitrogen and oxygen atoms in total. The summed E-state index contributed by atoms with van der Waals surface area (Å²) in [5, 5.41) is 8.46. The van der Waals surface area contributed by atoms with E-state index >= 15 is 0 Å². The Morgan fingerprint density at radius 1 is 1.82 bits per heavy atom. The van der Waals surface area contributed by atoms with Crippen molar-refractivity contribution in [2.24, 2.45) is 0 Å². The van der Waals surface area contributed by atoms with Crippen molar-refractivity contribution in [3.05, 3.63) is 24.0 Å². The molecule has 0 aliphatic rings. The van der Waals surface area contributed by atoms with Gasteiger partial charge >= 0.3 is 5.97 Å². The Kier molecular flexibility index (Phi) is 1.93. The van der Waals surface area contributed by atoms with Crippen molar-refractivity contribution in [2.45, 2.75) is 6.92 Å². The summed E-state index contributed by atoms with van der Waals surface area (Å²) in [7, 11) is 0. The Morgan fingerprint density at radius 3 is 3.09 bits per heavy atom. The fourth-order valence-electron chi connectivity index (χ4n) is 0.671. The zero-order chi connectivity index (χ0) is 8.27. The summed E-state index contributed by atoms with van der Waals surface area (Å²) in [6.45, 7) is 1.28. The van der Waals surface area contributed by atoms with Gasteiger partial charge in [0.1, 0.15) is 6.07 Å². The van der Waals surface area contributed by atoms with E-state index in [0.717, 1.165) is 4.73 Å². The Hall–Kier alpha value is -1.76. The lowest BCUT2D eigenvalue weighted by Gasteiger charge is -2.00. The molecule has 0 fully saturated rings. The summed E-state index contributed by atoms with van der Waals surface area (Å²) in [5.41, 5.74) is 0.306. The summed E-state index contributed by atoms with van der Waals surface area (Å²) in [6.07, 6.45) is 1.50. The second-order valence-electron chi connectivity index (χ2n) is 1.91. The van der Waals surface area contributed by atoms with Gasteiger partial charge in [-0.2, -0.15) is 9.99 Å². The van der Waals surface area contributed by atoms with Crippen LogP contribution in [0.3, 0.4) is 0 Å². The van der Waals surface area contributed by atoms with E-state index in [2.05, 4.69) is 4.84 Å². The minimum absolute atomic E-state index is 0.306. The molecular weight excluding hydrogens is 144 g/mol. The molecule has 0 bridgehead atoms. The smallest absolute Gasteiger partial charge is 0.329 e. The van der Waals surface area contributed by atoms with E-state index in [-0.39, 0.29) is 0 Å². The molecule has 0 saturated carbocycles. The fraction of sp³-hybridized carbons (Fsp3) is 0.143. The van der Waals surface area contributed by atoms with Crippen molar-refractivity contribution in [3.63, 3.8) is 0 Å². The summed E-state index contributed by atoms with van der Waals surface area (Å²) < 4.78 is 1.13. The van der Waals surface area contributed by atoms with E-state index in [1.165, 1.54) is 13.1 Å². The van der Waals surface area contributed by atoms with Crippen molar-refractivity contribution in [1.29, 1.82) is 5.26 Å². The number of nitriles is 1. The van der Waals surface area contributed by atoms with Gasteiger partial charge in [0.15, 0.2) is 5.69 Å². The van der Waals surface area contributed by atoms with Crippen LogP contribution in [0.2, 0.25) is 0 Å². The average Bonchev–Trinajstić information content (AvgIpc) is 2.34. The molecule has 0 N–H and O–H groups in total. The highest BCUT2D eigenvalue weighted by Gasteiger charge is 2.00. The molecule has 4 heteroatoms. The second-order valence-corrected chi connectivity index (χ2v) is 1.91. The van der Waals surface area contributed by atoms with Crippen LogP contribution in [0.4, 0.5) is 0 Å². The average molecular weight is 150 g/mol. The van der Waals surface area contributed by atoms with Crippen molar-refractivity contribution >= 4 is 5.97 Å². The zero-order valence-corrected chi connectivity index (χ0v) is 5.94. The van der Waals surface area contributed by atoms with Gasteiger partial charge in [-0.1, -0.05) is 0 Å². The van der Waals surface area contributed by atoms with Crippen molar-refractivity contribution in [2.75, 3.05) is 0 Å². The number of carbonyl (C=O) groups is 1. The number of aromatic nitrogens is 1. The van der Waals surface area contributed by atoms with Crippen LogP contribution in [-0.4, -0.2) is 10.7 Å². The number of hydrogen-bond acceptors (Lipinski definition) is 3. The molecule has 0 radical (unpaired) electrons. The van der Waals surface area contributed by atoms with Gasteiger partial charge in [-0.25, -0.2) is 4.79 Å². The van der Waals surface area contributed by atoms with E-state index in [1.54, 1.807) is 12.1 Å². The monoisotopic (exact) mass is 150 g/mol. The van der Waals surface area contributed by atoms with Gasteiger partial charge in [0, 0.05) is 13.1 Å². The lowest BCUT2D eigenvalue weighted by molar-refractivity contribution is -0.141. The number of nitrogens with zero attached hydrogens (tertiary/aromatic N) is 2. The summed E-state index contributed by atoms with van der Waals surface area (Å²) in [5.74, 6) is -0.447. The van der Waals surface area contributed by atoms with Crippen LogP contribution < -0.4 is 4.84 Å². The molecule has 1 rings (SSSR count). The molecule has 1 aromatic heterocycles. The molecule has 0 saturated heterocycles. The molecule has 0 amide bonds. The lowest BCUT2D eigenvalue weighted by atomic mass is 10.5. The Balaban J connectivity index is 2.87. The first-order valence-electron chi connectivity index (χ1n) is 3.00. The van der Waals surface area contributed by atoms with E-state index in [0.29, 0.717) is 5.69 Å². The van der Waals surface area contributed by atoms with Crippen LogP contribution in [0.25, 0.3) is 0 Å². The lowest BCUT2D eigenvalue weighted by Crippen LogP contribution is -2.16. The van der Waals surface area contributed by atoms with Crippen molar-refractivity contribution in [3.8, 4) is 6.07 Å². The largest absolute Gasteiger partial charge is 0.336 e. The SMILES string of the molecule is CC(=O)On1cccc1C#N. The third-order valence-electron chi connectivity index (χ3n) is 1.05. The van der Waals surface area contributed by atoms with Crippen LogP contribution in [0.1, 0.15) is 12.6 Å². The topological polar surface area (TPSA) is 55.0 Å². The molecule has 0 aliphatic heterocycles. The molecule has 11 heavy (non-hydrogen) atoms. The van der Waals surface area contributed by atoms with E-state index in [4.69, 9.17) is 5.26 Å². The molecule has 1 heterocycles. The third kappa shape index (κ3) is 1.58. The van der Waals surface area contributed by atoms with Gasteiger partial charge in [0.2, 0.25) is 0 Å². The molecule has 0 spiro atoms. The standard InChI is InChI=1S/C7H6N2O2/c1-6(10)11-9-4-2-3-7(9)5-8/h2-4H,1H3. The van der Waals surface area contributed by atoms with Gasteiger partial charge in [-0.3, -0.25) is 0 Å². The molecule has 1 aromatic rings. The maximum absolute atomic E-state index is 10.4. The third-order valence-corrected chi connectivity index (χ3v) is 1.05. The van der Waals surface area contributed by atoms with Gasteiger partial charge in [-0.15, -0.1) is 0 Å². The predicted molar refractivity (Wildman–Crippen MR) is 36.4 cm³/mol. The second kappa shape index (κ2) is 2.88. The minimum Gasteiger partial charge on any atom is -0.336 e. The molecule has 0 aliphatic carbocycles. The highest BCUT2D eigenvalue weighted by atomic mass is 16.7. The molecular formula is C7H6N2O2. The van der Waals surface area contributed by atoms with Crippen LogP contribution in [0, 0.1) is 11.3 Å². The van der Waals surface area contributed by atoms with Crippen LogP contribution in [0.15, 0.2) is 18.3 Å². The zero-order valence-electron chi connectivity index (χ0n) is 5.94. The number of hydrogen-bond donors (Lipinski definition) is 0. The first-order chi connectivity index (χ1) is 5.24. The maximum Gasteiger partial charge on any atom is 0.329 e. The van der Waals surface area contributed by atoms with Gasteiger partial charge < -0.3 is 4.84 Å². The summed E-state index contributed by atoms with van der Waals surface area (Å²) >= 11 is 0. The Bertz CT molecular complexity index is 308. The van der Waals surface area contributed by atoms with E-state index in [9.17, 15) is 4.79 Å². The fourth-order valence-corrected chi connectivity index (χ4v) is 0.671. The quantitative estimate of drug-likeness (QED) is 0.579. The summed E-state index contributed by atoms with van der Waals surface area (Å²) in [4.78, 5) is 15.1. The first-order valence-corrected chi connectivity index (χ1v) is 3.00. The van der Waals surface area contributed by atoms with Crippen molar-refractivity contribution < 1.29 is 9.63 Å². The van der Waals surface area contributed by atoms with E-state index < -0.39 is 5.97 Å². The van der Waals surface area contributed by atoms with Crippen molar-refractivity contribution in [1.82, 2.24) is 4.73 Å². The van der Waals surface area contributed by atoms with E-state index in [1.807, 2.05) is 6.07 Å². The number of rotatable bonds is 1. The first kappa shape index (κ1) is 7.35. The molecule has 0 atom stereocenters. The maximum atomic E-state index is 10.4. The normalized spacial score (nSPS) is 8.73. The Morgan fingerprint density at radius 2 is 2.55 bits per heavy atom. The number of carbonyl (C=O) groups excluding carboxylic acids is 1. The molecule has 0 aromatic carbocycles. The highest BCUT2D eigenvalue weighted by Crippen LogP contribution is 1.96. The summed E-state index contributed by atoms with van der Waals surface area (Å²) in [6, 6.07) is 5.05. The minimum atomic E-state index is -0.447. The molecule has 0 unspecified atom stereocenters.